The van der Waals surface area contributed by atoms with Crippen LogP contribution in [0.1, 0.15) is 51.6 Å². The van der Waals surface area contributed by atoms with Crippen LogP contribution >= 0.6 is 11.8 Å². The van der Waals surface area contributed by atoms with Gasteiger partial charge in [-0.25, -0.2) is 4.39 Å². The summed E-state index contributed by atoms with van der Waals surface area (Å²) < 4.78 is 17.7. The van der Waals surface area contributed by atoms with Crippen LogP contribution in [0.4, 0.5) is 4.39 Å². The molecule has 0 saturated heterocycles. The summed E-state index contributed by atoms with van der Waals surface area (Å²) in [5.41, 5.74) is 1.75. The molecule has 2 aromatic rings. The Balaban J connectivity index is 1.96. The van der Waals surface area contributed by atoms with E-state index >= 15 is 0 Å². The number of carbonyl (C=O) groups excluding carboxylic acids is 1. The zero-order valence-electron chi connectivity index (χ0n) is 14.9. The molecule has 0 atom stereocenters. The molecule has 1 aromatic heterocycles. The van der Waals surface area contributed by atoms with Crippen LogP contribution in [0.5, 0.6) is 0 Å². The Morgan fingerprint density at radius 3 is 2.33 bits per heavy atom. The Morgan fingerprint density at radius 2 is 1.79 bits per heavy atom. The van der Waals surface area contributed by atoms with E-state index in [1.807, 2.05) is 19.9 Å². The number of Topliss-reactive ketones (excluding diaryl/α,β-unsaturated/α-hetero) is 1. The average Bonchev–Trinajstić information content (AvgIpc) is 2.95. The second-order valence-electron chi connectivity index (χ2n) is 7.45. The highest BCUT2D eigenvalue weighted by Crippen LogP contribution is 2.31. The predicted octanol–water partition coefficient (Wildman–Crippen LogP) is 4.93. The lowest BCUT2D eigenvalue weighted by Gasteiger charge is -2.22. The van der Waals surface area contributed by atoms with Crippen molar-refractivity contribution in [2.75, 3.05) is 0 Å². The van der Waals surface area contributed by atoms with Gasteiger partial charge in [0.2, 0.25) is 0 Å². The third-order valence-electron chi connectivity index (χ3n) is 3.85. The number of carbonyl (C=O) groups is 1. The first kappa shape index (κ1) is 18.7. The number of halogens is 1. The third kappa shape index (κ3) is 4.94. The number of nitrogens with zero attached hydrogens (tertiary/aromatic N) is 1. The fourth-order valence-corrected chi connectivity index (χ4v) is 3.00. The largest absolute Gasteiger partial charge is 0.361 e. The molecule has 0 aliphatic rings. The number of benzene rings is 1. The van der Waals surface area contributed by atoms with Crippen molar-refractivity contribution in [2.24, 2.45) is 0 Å². The Bertz CT molecular complexity index is 699. The van der Waals surface area contributed by atoms with Crippen LogP contribution in [0.25, 0.3) is 0 Å². The van der Waals surface area contributed by atoms with E-state index < -0.39 is 4.75 Å². The topological polar surface area (TPSA) is 43.1 Å². The average molecular weight is 349 g/mol. The van der Waals surface area contributed by atoms with Crippen molar-refractivity contribution >= 4 is 17.5 Å². The van der Waals surface area contributed by atoms with Crippen molar-refractivity contribution in [2.45, 2.75) is 57.0 Å². The summed E-state index contributed by atoms with van der Waals surface area (Å²) in [6.45, 7) is 9.98. The van der Waals surface area contributed by atoms with Crippen molar-refractivity contribution < 1.29 is 13.7 Å². The SMILES string of the molecule is CC(C)(SCc1ccc(F)cc1)C(=O)Cc1cc(C(C)(C)C)no1. The Morgan fingerprint density at radius 1 is 1.17 bits per heavy atom. The molecule has 1 aromatic carbocycles. The van der Waals surface area contributed by atoms with Crippen LogP contribution in [-0.2, 0) is 22.4 Å². The standard InChI is InChI=1S/C19H24FNO2S/c1-18(2,3)16-10-15(23-21-16)11-17(22)19(4,5)24-12-13-6-8-14(20)9-7-13/h6-10H,11-12H2,1-5H3. The molecule has 1 heterocycles. The molecule has 0 unspecified atom stereocenters. The van der Waals surface area contributed by atoms with E-state index in [2.05, 4.69) is 25.9 Å². The van der Waals surface area contributed by atoms with Crippen LogP contribution in [-0.4, -0.2) is 15.7 Å². The van der Waals surface area contributed by atoms with E-state index in [0.717, 1.165) is 11.3 Å². The van der Waals surface area contributed by atoms with Gasteiger partial charge in [0.25, 0.3) is 0 Å². The predicted molar refractivity (Wildman–Crippen MR) is 95.7 cm³/mol. The molecule has 0 aliphatic carbocycles. The highest BCUT2D eigenvalue weighted by atomic mass is 32.2. The first-order valence-corrected chi connectivity index (χ1v) is 8.94. The van der Waals surface area contributed by atoms with Crippen LogP contribution in [0.3, 0.4) is 0 Å². The summed E-state index contributed by atoms with van der Waals surface area (Å²) in [6, 6.07) is 8.23. The van der Waals surface area contributed by atoms with Crippen LogP contribution in [0.15, 0.2) is 34.9 Å². The molecule has 0 amide bonds. The molecule has 0 N–H and O–H groups in total. The molecule has 130 valence electrons. The number of aromatic nitrogens is 1. The van der Waals surface area contributed by atoms with Gasteiger partial charge in [-0.3, -0.25) is 4.79 Å². The number of thioether (sulfide) groups is 1. The van der Waals surface area contributed by atoms with E-state index in [9.17, 15) is 9.18 Å². The van der Waals surface area contributed by atoms with Gasteiger partial charge in [0.1, 0.15) is 11.6 Å². The van der Waals surface area contributed by atoms with E-state index in [1.54, 1.807) is 23.9 Å². The van der Waals surface area contributed by atoms with E-state index in [0.29, 0.717) is 11.5 Å². The number of rotatable bonds is 6. The maximum atomic E-state index is 12.9. The van der Waals surface area contributed by atoms with Gasteiger partial charge < -0.3 is 4.52 Å². The molecule has 2 rings (SSSR count). The first-order valence-electron chi connectivity index (χ1n) is 7.96. The van der Waals surface area contributed by atoms with E-state index in [-0.39, 0.29) is 23.4 Å². The highest BCUT2D eigenvalue weighted by molar-refractivity contribution is 8.00. The molecule has 24 heavy (non-hydrogen) atoms. The van der Waals surface area contributed by atoms with Gasteiger partial charge in [0, 0.05) is 17.2 Å². The van der Waals surface area contributed by atoms with E-state index in [1.165, 1.54) is 12.1 Å². The smallest absolute Gasteiger partial charge is 0.155 e. The number of hydrogen-bond acceptors (Lipinski definition) is 4. The van der Waals surface area contributed by atoms with Gasteiger partial charge in [0.15, 0.2) is 5.78 Å². The minimum atomic E-state index is -0.553. The maximum absolute atomic E-state index is 12.9. The van der Waals surface area contributed by atoms with Gasteiger partial charge in [-0.2, -0.15) is 0 Å². The minimum absolute atomic E-state index is 0.0891. The maximum Gasteiger partial charge on any atom is 0.155 e. The summed E-state index contributed by atoms with van der Waals surface area (Å²) in [4.78, 5) is 12.6. The Hall–Kier alpha value is -1.62. The lowest BCUT2D eigenvalue weighted by molar-refractivity contribution is -0.120. The van der Waals surface area contributed by atoms with Crippen LogP contribution < -0.4 is 0 Å². The van der Waals surface area contributed by atoms with Crippen molar-refractivity contribution in [3.63, 3.8) is 0 Å². The number of ketones is 1. The van der Waals surface area contributed by atoms with Crippen molar-refractivity contribution in [3.8, 4) is 0 Å². The van der Waals surface area contributed by atoms with Crippen molar-refractivity contribution in [1.82, 2.24) is 5.16 Å². The summed E-state index contributed by atoms with van der Waals surface area (Å²) >= 11 is 1.54. The fraction of sp³-hybridized carbons (Fsp3) is 0.474. The van der Waals surface area contributed by atoms with Gasteiger partial charge in [-0.1, -0.05) is 38.1 Å². The van der Waals surface area contributed by atoms with Crippen LogP contribution in [0, 0.1) is 5.82 Å². The molecule has 0 aliphatic heterocycles. The molecular formula is C19H24FNO2S. The van der Waals surface area contributed by atoms with Gasteiger partial charge in [-0.15, -0.1) is 11.8 Å². The van der Waals surface area contributed by atoms with Crippen LogP contribution in [0.2, 0.25) is 0 Å². The summed E-state index contributed by atoms with van der Waals surface area (Å²) in [5.74, 6) is 1.09. The molecule has 0 radical (unpaired) electrons. The summed E-state index contributed by atoms with van der Waals surface area (Å²) in [5, 5.41) is 4.05. The molecule has 5 heteroatoms. The van der Waals surface area contributed by atoms with Crippen molar-refractivity contribution in [3.05, 3.63) is 53.2 Å². The second kappa shape index (κ2) is 7.09. The molecule has 0 spiro atoms. The quantitative estimate of drug-likeness (QED) is 0.741. The third-order valence-corrected chi connectivity index (χ3v) is 5.27. The van der Waals surface area contributed by atoms with Gasteiger partial charge >= 0.3 is 0 Å². The van der Waals surface area contributed by atoms with Gasteiger partial charge in [0.05, 0.1) is 16.9 Å². The monoisotopic (exact) mass is 349 g/mol. The number of hydrogen-bond donors (Lipinski definition) is 0. The lowest BCUT2D eigenvalue weighted by atomic mass is 9.92. The Kier molecular flexibility index (Phi) is 5.53. The minimum Gasteiger partial charge on any atom is -0.361 e. The second-order valence-corrected chi connectivity index (χ2v) is 9.05. The molecule has 0 fully saturated rings. The molecule has 3 nitrogen and oxygen atoms in total. The van der Waals surface area contributed by atoms with E-state index in [4.69, 9.17) is 4.52 Å². The van der Waals surface area contributed by atoms with Crippen molar-refractivity contribution in [1.29, 1.82) is 0 Å². The lowest BCUT2D eigenvalue weighted by Crippen LogP contribution is -2.29. The highest BCUT2D eigenvalue weighted by Gasteiger charge is 2.29. The normalized spacial score (nSPS) is 12.4. The fourth-order valence-electron chi connectivity index (χ4n) is 2.05. The van der Waals surface area contributed by atoms with Gasteiger partial charge in [-0.05, 0) is 31.5 Å². The molecule has 0 bridgehead atoms. The zero-order valence-corrected chi connectivity index (χ0v) is 15.7. The summed E-state index contributed by atoms with van der Waals surface area (Å²) in [7, 11) is 0. The Labute approximate surface area is 147 Å². The first-order chi connectivity index (χ1) is 11.1. The molecule has 0 saturated carbocycles. The zero-order chi connectivity index (χ0) is 18.0. The summed E-state index contributed by atoms with van der Waals surface area (Å²) in [6.07, 6.45) is 0.229. The molecular weight excluding hydrogens is 325 g/mol.